The monoisotopic (exact) mass is 210 g/mol. The predicted molar refractivity (Wildman–Crippen MR) is 45.3 cm³/mol. The molecule has 14 heavy (non-hydrogen) atoms. The van der Waals surface area contributed by atoms with E-state index in [1.54, 1.807) is 13.8 Å². The van der Waals surface area contributed by atoms with E-state index in [-0.39, 0.29) is 13.2 Å². The third-order valence-electron chi connectivity index (χ3n) is 1.36. The fourth-order valence-electron chi connectivity index (χ4n) is 0.713. The van der Waals surface area contributed by atoms with E-state index in [9.17, 15) is 9.59 Å². The lowest BCUT2D eigenvalue weighted by atomic mass is 10.5. The average Bonchev–Trinajstić information content (AvgIpc) is 2.16. The van der Waals surface area contributed by atoms with Crippen LogP contribution in [0.15, 0.2) is 0 Å². The third kappa shape index (κ3) is 3.71. The summed E-state index contributed by atoms with van der Waals surface area (Å²) in [5, 5.41) is 18.2. The molecule has 0 amide bonds. The molecular weight excluding hydrogens is 196 g/mol. The van der Waals surface area contributed by atoms with Gasteiger partial charge in [0.25, 0.3) is 0 Å². The Bertz CT molecular complexity index is 180. The molecule has 0 aliphatic heterocycles. The van der Waals surface area contributed by atoms with Crippen molar-refractivity contribution in [2.45, 2.75) is 26.1 Å². The first-order chi connectivity index (χ1) is 6.54. The topological polar surface area (TPSA) is 93.1 Å². The zero-order valence-corrected chi connectivity index (χ0v) is 8.10. The van der Waals surface area contributed by atoms with Crippen LogP contribution in [0, 0.1) is 0 Å². The van der Waals surface area contributed by atoms with E-state index in [0.29, 0.717) is 0 Å². The summed E-state index contributed by atoms with van der Waals surface area (Å²) >= 11 is 0. The molecule has 0 aromatic carbocycles. The van der Waals surface area contributed by atoms with Crippen molar-refractivity contribution in [3.05, 3.63) is 0 Å². The molecule has 0 rings (SSSR count). The van der Waals surface area contributed by atoms with Gasteiger partial charge < -0.3 is 19.7 Å². The minimum Gasteiger partial charge on any atom is -0.464 e. The van der Waals surface area contributed by atoms with Crippen molar-refractivity contribution in [2.24, 2.45) is 0 Å². The maximum absolute atomic E-state index is 10.9. The van der Waals surface area contributed by atoms with Crippen molar-refractivity contribution in [1.29, 1.82) is 0 Å². The van der Waals surface area contributed by atoms with Crippen molar-refractivity contribution in [3.63, 3.8) is 0 Å². The molecule has 6 heteroatoms. The number of hydrogen-bond donors (Lipinski definition) is 2. The largest absolute Gasteiger partial charge is 0.464 e. The summed E-state index contributed by atoms with van der Waals surface area (Å²) in [6.07, 6.45) is -3.79. The second-order valence-electron chi connectivity index (χ2n) is 2.39. The highest BCUT2D eigenvalue weighted by atomic mass is 16.8. The molecule has 0 aliphatic rings. The molecule has 0 heterocycles. The van der Waals surface area contributed by atoms with Crippen molar-refractivity contribution in [2.75, 3.05) is 13.2 Å². The molecule has 0 aliphatic carbocycles. The molecule has 0 radical (unpaired) electrons. The molecule has 0 unspecified atom stereocenters. The summed E-state index contributed by atoms with van der Waals surface area (Å²) in [7, 11) is 0. The van der Waals surface area contributed by atoms with E-state index in [1.165, 1.54) is 0 Å². The SMILES string of the molecule is CCO[14C](=O)[C@@H](O)[C@H](O)[14C](=O)OCC. The maximum Gasteiger partial charge on any atom is 0.338 e. The Balaban J connectivity index is 4.16. The van der Waals surface area contributed by atoms with Gasteiger partial charge in [-0.3, -0.25) is 0 Å². The van der Waals surface area contributed by atoms with Gasteiger partial charge in [-0.05, 0) is 13.8 Å². The zero-order chi connectivity index (χ0) is 11.1. The number of carbonyl (C=O) groups is 2. The summed E-state index contributed by atoms with van der Waals surface area (Å²) in [5.41, 5.74) is 0. The predicted octanol–water partition coefficient (Wildman–Crippen LogP) is -1.17. The number of ether oxygens (including phenoxy) is 2. The van der Waals surface area contributed by atoms with E-state index in [1.807, 2.05) is 0 Å². The van der Waals surface area contributed by atoms with Gasteiger partial charge in [-0.25, -0.2) is 9.59 Å². The minimum absolute atomic E-state index is 0.0610. The number of rotatable bonds is 5. The van der Waals surface area contributed by atoms with Crippen LogP contribution in [0.5, 0.6) is 0 Å². The zero-order valence-electron chi connectivity index (χ0n) is 8.10. The molecule has 0 saturated heterocycles. The second-order valence-corrected chi connectivity index (χ2v) is 2.39. The summed E-state index contributed by atoms with van der Waals surface area (Å²) in [6, 6.07) is 0. The molecule has 6 nitrogen and oxygen atoms in total. The van der Waals surface area contributed by atoms with Crippen molar-refractivity contribution < 1.29 is 29.3 Å². The van der Waals surface area contributed by atoms with Crippen LogP contribution in [0.25, 0.3) is 0 Å². The van der Waals surface area contributed by atoms with Gasteiger partial charge in [0.1, 0.15) is 0 Å². The fourth-order valence-corrected chi connectivity index (χ4v) is 0.713. The van der Waals surface area contributed by atoms with Crippen LogP contribution in [0.4, 0.5) is 0 Å². The number of esters is 2. The molecule has 0 fully saturated rings. The van der Waals surface area contributed by atoms with Gasteiger partial charge in [-0.1, -0.05) is 0 Å². The normalized spacial score (nSPS) is 14.3. The molecule has 0 bridgehead atoms. The first-order valence-corrected chi connectivity index (χ1v) is 4.24. The third-order valence-corrected chi connectivity index (χ3v) is 1.36. The summed E-state index contributed by atoms with van der Waals surface area (Å²) in [6.45, 7) is 3.21. The Morgan fingerprint density at radius 2 is 1.29 bits per heavy atom. The Hall–Kier alpha value is -1.14. The minimum atomic E-state index is -1.89. The van der Waals surface area contributed by atoms with E-state index in [2.05, 4.69) is 9.47 Å². The first kappa shape index (κ1) is 12.9. The van der Waals surface area contributed by atoms with Crippen LogP contribution in [0.2, 0.25) is 0 Å². The van der Waals surface area contributed by atoms with Crippen LogP contribution in [0.1, 0.15) is 13.8 Å². The van der Waals surface area contributed by atoms with Crippen LogP contribution >= 0.6 is 0 Å². The molecule has 82 valence electrons. The Morgan fingerprint density at radius 3 is 1.50 bits per heavy atom. The average molecular weight is 210 g/mol. The molecule has 0 spiro atoms. The smallest absolute Gasteiger partial charge is 0.338 e. The van der Waals surface area contributed by atoms with Gasteiger partial charge in [0, 0.05) is 0 Å². The molecule has 2 atom stereocenters. The van der Waals surface area contributed by atoms with E-state index < -0.39 is 24.1 Å². The first-order valence-electron chi connectivity index (χ1n) is 4.24. The van der Waals surface area contributed by atoms with Crippen LogP contribution < -0.4 is 0 Å². The van der Waals surface area contributed by atoms with Crippen molar-refractivity contribution in [3.8, 4) is 0 Å². The maximum atomic E-state index is 10.9. The molecule has 2 N–H and O–H groups in total. The van der Waals surface area contributed by atoms with Gasteiger partial charge >= 0.3 is 11.9 Å². The fraction of sp³-hybridized carbons (Fsp3) is 0.750. The molecule has 0 saturated carbocycles. The van der Waals surface area contributed by atoms with Crippen molar-refractivity contribution in [1.82, 2.24) is 0 Å². The van der Waals surface area contributed by atoms with E-state index in [4.69, 9.17) is 10.2 Å². The van der Waals surface area contributed by atoms with E-state index in [0.717, 1.165) is 0 Å². The lowest BCUT2D eigenvalue weighted by Crippen LogP contribution is -2.41. The number of carbonyl (C=O) groups excluding carboxylic acids is 2. The van der Waals surface area contributed by atoms with Gasteiger partial charge in [0.05, 0.1) is 13.2 Å². The van der Waals surface area contributed by atoms with Crippen LogP contribution in [0.3, 0.4) is 0 Å². The highest BCUT2D eigenvalue weighted by Gasteiger charge is 2.32. The summed E-state index contributed by atoms with van der Waals surface area (Å²) in [4.78, 5) is 21.7. The quantitative estimate of drug-likeness (QED) is 0.556. The van der Waals surface area contributed by atoms with Gasteiger partial charge in [-0.15, -0.1) is 0 Å². The molecule has 0 aromatic heterocycles. The highest BCUT2D eigenvalue weighted by molar-refractivity contribution is 5.85. The highest BCUT2D eigenvalue weighted by Crippen LogP contribution is 1.99. The van der Waals surface area contributed by atoms with Gasteiger partial charge in [-0.2, -0.15) is 0 Å². The Morgan fingerprint density at radius 1 is 1.00 bits per heavy atom. The number of aliphatic hydroxyl groups excluding tert-OH is 2. The lowest BCUT2D eigenvalue weighted by Gasteiger charge is -2.14. The summed E-state index contributed by atoms with van der Waals surface area (Å²) < 4.78 is 8.79. The van der Waals surface area contributed by atoms with E-state index >= 15 is 0 Å². The molecule has 0 aromatic rings. The Kier molecular flexibility index (Phi) is 5.82. The van der Waals surface area contributed by atoms with Gasteiger partial charge in [0.2, 0.25) is 0 Å². The Labute approximate surface area is 81.4 Å². The number of aliphatic hydroxyl groups is 2. The van der Waals surface area contributed by atoms with Gasteiger partial charge in [0.15, 0.2) is 12.2 Å². The lowest BCUT2D eigenvalue weighted by molar-refractivity contribution is -0.172. The van der Waals surface area contributed by atoms with Crippen LogP contribution in [-0.2, 0) is 19.1 Å². The standard InChI is InChI=1S/C8H14O6/c1-3-13-7(11)5(9)6(10)8(12)14-4-2/h5-6,9-10H,3-4H2,1-2H3/t5-,6-/m0/s1/i7+2,8+2. The summed E-state index contributed by atoms with van der Waals surface area (Å²) in [5.74, 6) is -2.10. The molecular formula is C8H14O6. The number of hydrogen-bond acceptors (Lipinski definition) is 6. The second kappa shape index (κ2) is 6.33. The van der Waals surface area contributed by atoms with Crippen molar-refractivity contribution >= 4 is 11.9 Å². The van der Waals surface area contributed by atoms with Crippen LogP contribution in [-0.4, -0.2) is 47.6 Å².